The van der Waals surface area contributed by atoms with Gasteiger partial charge in [0.2, 0.25) is 11.0 Å². The Balaban J connectivity index is 1.75. The van der Waals surface area contributed by atoms with Crippen LogP contribution in [0.1, 0.15) is 59.2 Å². The monoisotopic (exact) mass is 420 g/mol. The molecule has 2 aromatic carbocycles. The van der Waals surface area contributed by atoms with Crippen LogP contribution in [0.2, 0.25) is 0 Å². The van der Waals surface area contributed by atoms with Crippen LogP contribution in [-0.4, -0.2) is 34.0 Å². The third-order valence-corrected chi connectivity index (χ3v) is 6.56. The molecule has 7 heteroatoms. The van der Waals surface area contributed by atoms with E-state index in [-0.39, 0.29) is 17.2 Å². The summed E-state index contributed by atoms with van der Waals surface area (Å²) in [6, 6.07) is 16.6. The second kappa shape index (κ2) is 7.65. The fourth-order valence-corrected chi connectivity index (χ4v) is 4.59. The summed E-state index contributed by atoms with van der Waals surface area (Å²) in [6.07, 6.45) is 0. The highest BCUT2D eigenvalue weighted by Gasteiger charge is 2.42. The van der Waals surface area contributed by atoms with E-state index in [1.54, 1.807) is 18.0 Å². The van der Waals surface area contributed by atoms with Gasteiger partial charge < -0.3 is 4.90 Å². The first-order valence-electron chi connectivity index (χ1n) is 9.83. The summed E-state index contributed by atoms with van der Waals surface area (Å²) in [7, 11) is 1.75. The van der Waals surface area contributed by atoms with Gasteiger partial charge in [-0.2, -0.15) is 0 Å². The van der Waals surface area contributed by atoms with E-state index in [1.165, 1.54) is 11.3 Å². The fourth-order valence-electron chi connectivity index (χ4n) is 3.78. The van der Waals surface area contributed by atoms with E-state index in [4.69, 9.17) is 0 Å². The molecule has 4 rings (SSSR count). The van der Waals surface area contributed by atoms with Crippen molar-refractivity contribution in [2.24, 2.45) is 0 Å². The molecule has 0 spiro atoms. The fraction of sp³-hybridized carbons (Fsp3) is 0.304. The normalized spacial score (nSPS) is 18.8. The van der Waals surface area contributed by atoms with E-state index >= 15 is 0 Å². The molecule has 154 valence electrons. The Morgan fingerprint density at radius 1 is 1.03 bits per heavy atom. The average molecular weight is 421 g/mol. The number of aromatic nitrogens is 2. The van der Waals surface area contributed by atoms with E-state index in [0.717, 1.165) is 16.1 Å². The molecular formula is C23H24N4O2S. The zero-order chi connectivity index (χ0) is 21.5. The zero-order valence-corrected chi connectivity index (χ0v) is 18.2. The van der Waals surface area contributed by atoms with E-state index < -0.39 is 12.0 Å². The summed E-state index contributed by atoms with van der Waals surface area (Å²) < 4.78 is 0. The van der Waals surface area contributed by atoms with Crippen molar-refractivity contribution in [2.75, 3.05) is 12.4 Å². The van der Waals surface area contributed by atoms with Crippen LogP contribution in [0.25, 0.3) is 0 Å². The molecule has 3 aromatic rings. The van der Waals surface area contributed by atoms with Crippen molar-refractivity contribution in [2.45, 2.75) is 38.1 Å². The van der Waals surface area contributed by atoms with Gasteiger partial charge in [-0.05, 0) is 17.2 Å². The van der Waals surface area contributed by atoms with E-state index in [9.17, 15) is 9.59 Å². The Bertz CT molecular complexity index is 1090. The molecular weight excluding hydrogens is 396 g/mol. The SMILES string of the molecule is CN1C(=O)c2ccccc2C(C(=O)Nc2nnc(C(C)(C)C)s2)C1c1ccccc1. The lowest BCUT2D eigenvalue weighted by molar-refractivity contribution is -0.119. The zero-order valence-electron chi connectivity index (χ0n) is 17.4. The van der Waals surface area contributed by atoms with Crippen LogP contribution in [-0.2, 0) is 10.2 Å². The van der Waals surface area contributed by atoms with Gasteiger partial charge in [-0.1, -0.05) is 80.6 Å². The molecule has 2 heterocycles. The molecule has 30 heavy (non-hydrogen) atoms. The number of fused-ring (bicyclic) bond motifs is 1. The van der Waals surface area contributed by atoms with Crippen molar-refractivity contribution in [3.05, 3.63) is 76.3 Å². The molecule has 2 amide bonds. The minimum Gasteiger partial charge on any atom is -0.334 e. The molecule has 0 saturated heterocycles. The molecule has 1 aliphatic heterocycles. The predicted molar refractivity (Wildman–Crippen MR) is 118 cm³/mol. The summed E-state index contributed by atoms with van der Waals surface area (Å²) in [5.41, 5.74) is 2.06. The van der Waals surface area contributed by atoms with Crippen molar-refractivity contribution in [3.8, 4) is 0 Å². The highest BCUT2D eigenvalue weighted by molar-refractivity contribution is 7.15. The first kappa shape index (κ1) is 20.2. The van der Waals surface area contributed by atoms with Gasteiger partial charge in [0.15, 0.2) is 0 Å². The minimum atomic E-state index is -0.562. The predicted octanol–water partition coefficient (Wildman–Crippen LogP) is 4.38. The minimum absolute atomic E-state index is 0.0885. The number of rotatable bonds is 3. The lowest BCUT2D eigenvalue weighted by Crippen LogP contribution is -2.44. The van der Waals surface area contributed by atoms with Crippen LogP contribution in [0.5, 0.6) is 0 Å². The van der Waals surface area contributed by atoms with Gasteiger partial charge >= 0.3 is 0 Å². The molecule has 6 nitrogen and oxygen atoms in total. The summed E-state index contributed by atoms with van der Waals surface area (Å²) in [6.45, 7) is 6.17. The van der Waals surface area contributed by atoms with E-state index in [2.05, 4.69) is 36.3 Å². The summed E-state index contributed by atoms with van der Waals surface area (Å²) in [5.74, 6) is -0.852. The molecule has 0 radical (unpaired) electrons. The molecule has 1 aliphatic rings. The number of carbonyl (C=O) groups is 2. The number of anilines is 1. The van der Waals surface area contributed by atoms with E-state index in [0.29, 0.717) is 10.7 Å². The smallest absolute Gasteiger partial charge is 0.254 e. The van der Waals surface area contributed by atoms with Gasteiger partial charge in [0.25, 0.3) is 5.91 Å². The highest BCUT2D eigenvalue weighted by Crippen LogP contribution is 2.42. The number of carbonyl (C=O) groups excluding carboxylic acids is 2. The Hall–Kier alpha value is -3.06. The summed E-state index contributed by atoms with van der Waals surface area (Å²) in [5, 5.41) is 12.7. The quantitative estimate of drug-likeness (QED) is 0.682. The van der Waals surface area contributed by atoms with Crippen molar-refractivity contribution in [1.29, 1.82) is 0 Å². The molecule has 1 aromatic heterocycles. The Kier molecular flexibility index (Phi) is 5.15. The van der Waals surface area contributed by atoms with Crippen molar-refractivity contribution in [3.63, 3.8) is 0 Å². The molecule has 0 bridgehead atoms. The van der Waals surface area contributed by atoms with Crippen molar-refractivity contribution in [1.82, 2.24) is 15.1 Å². The molecule has 1 N–H and O–H groups in total. The van der Waals surface area contributed by atoms with Crippen LogP contribution in [0.15, 0.2) is 54.6 Å². The van der Waals surface area contributed by atoms with E-state index in [1.807, 2.05) is 48.5 Å². The van der Waals surface area contributed by atoms with Gasteiger partial charge in [-0.15, -0.1) is 10.2 Å². The first-order valence-corrected chi connectivity index (χ1v) is 10.6. The summed E-state index contributed by atoms with van der Waals surface area (Å²) in [4.78, 5) is 28.2. The Morgan fingerprint density at radius 2 is 1.70 bits per heavy atom. The molecule has 2 unspecified atom stereocenters. The molecule has 0 saturated carbocycles. The van der Waals surface area contributed by atoms with Crippen LogP contribution in [0.3, 0.4) is 0 Å². The molecule has 0 fully saturated rings. The second-order valence-electron chi connectivity index (χ2n) is 8.49. The van der Waals surface area contributed by atoms with Crippen LogP contribution >= 0.6 is 11.3 Å². The third-order valence-electron chi connectivity index (χ3n) is 5.30. The maximum absolute atomic E-state index is 13.5. The third kappa shape index (κ3) is 3.61. The average Bonchev–Trinajstić information content (AvgIpc) is 3.20. The van der Waals surface area contributed by atoms with Crippen LogP contribution in [0.4, 0.5) is 5.13 Å². The lowest BCUT2D eigenvalue weighted by Gasteiger charge is -2.39. The maximum Gasteiger partial charge on any atom is 0.254 e. The number of hydrogen-bond acceptors (Lipinski definition) is 5. The van der Waals surface area contributed by atoms with Gasteiger partial charge in [0.1, 0.15) is 5.01 Å². The lowest BCUT2D eigenvalue weighted by atomic mass is 9.79. The van der Waals surface area contributed by atoms with Gasteiger partial charge in [-0.3, -0.25) is 14.9 Å². The number of benzene rings is 2. The van der Waals surface area contributed by atoms with Gasteiger partial charge in [-0.25, -0.2) is 0 Å². The maximum atomic E-state index is 13.5. The second-order valence-corrected chi connectivity index (χ2v) is 9.47. The van der Waals surface area contributed by atoms with Crippen LogP contribution < -0.4 is 5.32 Å². The summed E-state index contributed by atoms with van der Waals surface area (Å²) >= 11 is 1.38. The largest absolute Gasteiger partial charge is 0.334 e. The number of likely N-dealkylation sites (N-methyl/N-ethyl adjacent to an activating group) is 1. The standard InChI is InChI=1S/C23H24N4O2S/c1-23(2,3)21-25-26-22(30-21)24-19(28)17-15-12-8-9-13-16(15)20(29)27(4)18(17)14-10-6-5-7-11-14/h5-13,17-18H,1-4H3,(H,24,26,28). The number of nitrogens with zero attached hydrogens (tertiary/aromatic N) is 3. The van der Waals surface area contributed by atoms with Gasteiger partial charge in [0.05, 0.1) is 12.0 Å². The van der Waals surface area contributed by atoms with Crippen LogP contribution in [0, 0.1) is 0 Å². The molecule has 0 aliphatic carbocycles. The highest BCUT2D eigenvalue weighted by atomic mass is 32.1. The van der Waals surface area contributed by atoms with Crippen molar-refractivity contribution >= 4 is 28.3 Å². The van der Waals surface area contributed by atoms with Gasteiger partial charge in [0, 0.05) is 18.0 Å². The number of hydrogen-bond donors (Lipinski definition) is 1. The van der Waals surface area contributed by atoms with Crippen molar-refractivity contribution < 1.29 is 9.59 Å². The number of amides is 2. The first-order chi connectivity index (χ1) is 14.3. The number of nitrogens with one attached hydrogen (secondary N) is 1. The Labute approximate surface area is 180 Å². The molecule has 2 atom stereocenters. The Morgan fingerprint density at radius 3 is 2.37 bits per heavy atom. The topological polar surface area (TPSA) is 75.2 Å².